The predicted octanol–water partition coefficient (Wildman–Crippen LogP) is 0.110. The summed E-state index contributed by atoms with van der Waals surface area (Å²) < 4.78 is 20.0. The molecule has 2 fully saturated rings. The van der Waals surface area contributed by atoms with Crippen LogP contribution >= 0.6 is 0 Å². The predicted molar refractivity (Wildman–Crippen MR) is 64.9 cm³/mol. The third kappa shape index (κ3) is 2.58. The summed E-state index contributed by atoms with van der Waals surface area (Å²) in [6, 6.07) is -0.727. The van der Waals surface area contributed by atoms with Gasteiger partial charge >= 0.3 is 12.0 Å². The van der Waals surface area contributed by atoms with Gasteiger partial charge in [0.1, 0.15) is 0 Å². The molecule has 2 saturated heterocycles. The monoisotopic (exact) mass is 275 g/mol. The number of carbonyl (C=O) groups excluding carboxylic acids is 1. The zero-order valence-corrected chi connectivity index (χ0v) is 10.7. The molecule has 0 bridgehead atoms. The Labute approximate surface area is 105 Å². The second-order valence-corrected chi connectivity index (χ2v) is 7.21. The number of carboxylic acids is 1. The highest BCUT2D eigenvalue weighted by molar-refractivity contribution is 7.93. The van der Waals surface area contributed by atoms with Crippen LogP contribution in [0, 0.1) is 4.78 Å². The number of hydrogen-bond acceptors (Lipinski definition) is 4. The van der Waals surface area contributed by atoms with Gasteiger partial charge in [0.25, 0.3) is 0 Å². The zero-order valence-electron chi connectivity index (χ0n) is 9.85. The molecule has 8 heteroatoms. The SMILES string of the molecule is N=S1(=O)C[C@@H]2NC(=O)N[C@@H]2[C@@H]1CCCCC(=O)O. The number of rotatable bonds is 5. The molecule has 2 amide bonds. The van der Waals surface area contributed by atoms with Crippen molar-refractivity contribution < 1.29 is 18.9 Å². The van der Waals surface area contributed by atoms with Crippen molar-refractivity contribution >= 4 is 21.7 Å². The molecule has 0 aliphatic carbocycles. The van der Waals surface area contributed by atoms with Crippen molar-refractivity contribution in [2.75, 3.05) is 5.75 Å². The molecule has 0 aromatic carbocycles. The van der Waals surface area contributed by atoms with E-state index in [1.54, 1.807) is 0 Å². The van der Waals surface area contributed by atoms with Crippen molar-refractivity contribution in [3.05, 3.63) is 0 Å². The van der Waals surface area contributed by atoms with Crippen LogP contribution in [0.25, 0.3) is 0 Å². The maximum absolute atomic E-state index is 12.1. The highest BCUT2D eigenvalue weighted by Gasteiger charge is 2.49. The number of urea groups is 1. The second-order valence-electron chi connectivity index (χ2n) is 4.82. The number of aliphatic carboxylic acids is 1. The van der Waals surface area contributed by atoms with Crippen molar-refractivity contribution in [1.82, 2.24) is 10.6 Å². The minimum atomic E-state index is -2.70. The number of nitrogens with one attached hydrogen (secondary N) is 3. The lowest BCUT2D eigenvalue weighted by atomic mass is 10.0. The Morgan fingerprint density at radius 3 is 2.83 bits per heavy atom. The molecular weight excluding hydrogens is 258 g/mol. The van der Waals surface area contributed by atoms with E-state index in [9.17, 15) is 13.8 Å². The summed E-state index contributed by atoms with van der Waals surface area (Å²) in [5.41, 5.74) is 0. The Kier molecular flexibility index (Phi) is 3.47. The first kappa shape index (κ1) is 13.1. The van der Waals surface area contributed by atoms with Crippen LogP contribution in [0.1, 0.15) is 25.7 Å². The Balaban J connectivity index is 1.93. The van der Waals surface area contributed by atoms with Gasteiger partial charge in [0.05, 0.1) is 32.8 Å². The van der Waals surface area contributed by atoms with E-state index in [2.05, 4.69) is 10.6 Å². The highest BCUT2D eigenvalue weighted by Crippen LogP contribution is 2.28. The maximum Gasteiger partial charge on any atom is 0.315 e. The van der Waals surface area contributed by atoms with Gasteiger partial charge in [-0.2, -0.15) is 0 Å². The van der Waals surface area contributed by atoms with Crippen LogP contribution in [0.15, 0.2) is 0 Å². The Bertz CT molecular complexity index is 462. The van der Waals surface area contributed by atoms with Crippen LogP contribution in [-0.2, 0) is 14.5 Å². The molecule has 1 unspecified atom stereocenters. The summed E-state index contributed by atoms with van der Waals surface area (Å²) in [6.45, 7) is 0. The number of unbranched alkanes of at least 4 members (excludes halogenated alkanes) is 1. The van der Waals surface area contributed by atoms with Crippen molar-refractivity contribution in [3.63, 3.8) is 0 Å². The van der Waals surface area contributed by atoms with Crippen LogP contribution in [0.3, 0.4) is 0 Å². The summed E-state index contributed by atoms with van der Waals surface area (Å²) in [6.07, 6.45) is 1.75. The van der Waals surface area contributed by atoms with Crippen LogP contribution < -0.4 is 10.6 Å². The lowest BCUT2D eigenvalue weighted by Crippen LogP contribution is -2.38. The minimum absolute atomic E-state index is 0.0879. The Morgan fingerprint density at radius 1 is 1.44 bits per heavy atom. The molecule has 0 radical (unpaired) electrons. The number of hydrogen-bond donors (Lipinski definition) is 4. The zero-order chi connectivity index (χ0) is 13.3. The van der Waals surface area contributed by atoms with E-state index in [1.807, 2.05) is 0 Å². The molecule has 0 aromatic heterocycles. The maximum atomic E-state index is 12.1. The van der Waals surface area contributed by atoms with Crippen molar-refractivity contribution in [2.45, 2.75) is 43.0 Å². The quantitative estimate of drug-likeness (QED) is 0.420. The molecule has 4 N–H and O–H groups in total. The summed E-state index contributed by atoms with van der Waals surface area (Å²) in [4.78, 5) is 21.6. The van der Waals surface area contributed by atoms with Crippen molar-refractivity contribution in [1.29, 1.82) is 4.78 Å². The first-order valence-electron chi connectivity index (χ1n) is 5.94. The molecule has 2 heterocycles. The number of carboxylic acid groups (broad SMARTS) is 1. The smallest absolute Gasteiger partial charge is 0.315 e. The average Bonchev–Trinajstić information content (AvgIpc) is 2.66. The molecule has 7 nitrogen and oxygen atoms in total. The molecule has 0 aromatic rings. The van der Waals surface area contributed by atoms with E-state index in [0.717, 1.165) is 0 Å². The molecule has 0 spiro atoms. The standard InChI is InChI=1S/C10H17N3O4S/c11-18(17)5-6-9(13-10(16)12-6)7(18)3-1-2-4-8(14)15/h6-7,9,11H,1-5H2,(H,14,15)(H2,12,13,16)/t6-,7-,9-,18?/m0/s1. The first-order valence-corrected chi connectivity index (χ1v) is 7.73. The van der Waals surface area contributed by atoms with E-state index in [1.165, 1.54) is 0 Å². The van der Waals surface area contributed by atoms with E-state index >= 15 is 0 Å². The van der Waals surface area contributed by atoms with Gasteiger partial charge in [0.15, 0.2) is 0 Å². The average molecular weight is 275 g/mol. The first-order chi connectivity index (χ1) is 8.40. The van der Waals surface area contributed by atoms with Crippen LogP contribution in [0.2, 0.25) is 0 Å². The van der Waals surface area contributed by atoms with Gasteiger partial charge in [-0.05, 0) is 12.8 Å². The summed E-state index contributed by atoms with van der Waals surface area (Å²) in [5.74, 6) is -0.651. The fraction of sp³-hybridized carbons (Fsp3) is 0.800. The molecule has 4 atom stereocenters. The van der Waals surface area contributed by atoms with Gasteiger partial charge in [-0.1, -0.05) is 6.42 Å². The van der Waals surface area contributed by atoms with Crippen LogP contribution in [0.4, 0.5) is 4.79 Å². The topological polar surface area (TPSA) is 119 Å². The Morgan fingerprint density at radius 2 is 2.17 bits per heavy atom. The van der Waals surface area contributed by atoms with Gasteiger partial charge in [0.2, 0.25) is 0 Å². The van der Waals surface area contributed by atoms with Crippen molar-refractivity contribution in [2.24, 2.45) is 0 Å². The third-order valence-electron chi connectivity index (χ3n) is 3.49. The van der Waals surface area contributed by atoms with Gasteiger partial charge in [-0.3, -0.25) is 9.57 Å². The third-order valence-corrected chi connectivity index (χ3v) is 5.86. The van der Waals surface area contributed by atoms with Gasteiger partial charge < -0.3 is 15.7 Å². The van der Waals surface area contributed by atoms with Crippen LogP contribution in [0.5, 0.6) is 0 Å². The van der Waals surface area contributed by atoms with Crippen LogP contribution in [-0.4, -0.2) is 44.4 Å². The molecule has 2 rings (SSSR count). The number of carbonyl (C=O) groups is 2. The molecule has 2 aliphatic heterocycles. The van der Waals surface area contributed by atoms with E-state index in [4.69, 9.17) is 9.89 Å². The van der Waals surface area contributed by atoms with Crippen molar-refractivity contribution in [3.8, 4) is 0 Å². The van der Waals surface area contributed by atoms with E-state index in [-0.39, 0.29) is 35.5 Å². The van der Waals surface area contributed by atoms with E-state index in [0.29, 0.717) is 19.3 Å². The lowest BCUT2D eigenvalue weighted by molar-refractivity contribution is -0.137. The summed E-state index contributed by atoms with van der Waals surface area (Å²) >= 11 is 0. The Hall–Kier alpha value is -1.31. The molecular formula is C10H17N3O4S. The van der Waals surface area contributed by atoms with Gasteiger partial charge in [-0.25, -0.2) is 9.00 Å². The summed E-state index contributed by atoms with van der Waals surface area (Å²) in [5, 5.41) is 13.5. The van der Waals surface area contributed by atoms with E-state index < -0.39 is 15.7 Å². The molecule has 18 heavy (non-hydrogen) atoms. The molecule has 102 valence electrons. The largest absolute Gasteiger partial charge is 0.481 e. The fourth-order valence-electron chi connectivity index (χ4n) is 2.67. The molecule has 0 saturated carbocycles. The summed E-state index contributed by atoms with van der Waals surface area (Å²) in [7, 11) is -2.70. The number of fused-ring (bicyclic) bond motifs is 1. The highest BCUT2D eigenvalue weighted by atomic mass is 32.2. The number of amides is 2. The lowest BCUT2D eigenvalue weighted by Gasteiger charge is -2.17. The fourth-order valence-corrected chi connectivity index (χ4v) is 5.02. The molecule has 2 aliphatic rings. The van der Waals surface area contributed by atoms with Gasteiger partial charge in [0, 0.05) is 6.42 Å². The second kappa shape index (κ2) is 4.75. The minimum Gasteiger partial charge on any atom is -0.481 e. The normalized spacial score (nSPS) is 38.0. The van der Waals surface area contributed by atoms with Gasteiger partial charge in [-0.15, -0.1) is 0 Å².